The van der Waals surface area contributed by atoms with Crippen molar-refractivity contribution in [3.8, 4) is 0 Å². The molecule has 1 aromatic carbocycles. The first-order valence-electron chi connectivity index (χ1n) is 5.02. The minimum Gasteiger partial charge on any atom is -0.317 e. The maximum absolute atomic E-state index is 3.32. The summed E-state index contributed by atoms with van der Waals surface area (Å²) in [6, 6.07) is 9.62. The van der Waals surface area contributed by atoms with E-state index in [2.05, 4.69) is 43.6 Å². The van der Waals surface area contributed by atoms with Gasteiger partial charge in [0, 0.05) is 6.04 Å². The monoisotopic (exact) mass is 175 g/mol. The molecule has 1 fully saturated rings. The molecule has 0 amide bonds. The van der Waals surface area contributed by atoms with Crippen molar-refractivity contribution >= 4 is 0 Å². The third-order valence-corrected chi connectivity index (χ3v) is 2.87. The second kappa shape index (κ2) is 3.51. The third kappa shape index (κ3) is 2.10. The Morgan fingerprint density at radius 1 is 1.46 bits per heavy atom. The summed E-state index contributed by atoms with van der Waals surface area (Å²) in [6.45, 7) is 2.16. The van der Waals surface area contributed by atoms with Gasteiger partial charge in [0.05, 0.1) is 0 Å². The maximum atomic E-state index is 3.32. The van der Waals surface area contributed by atoms with Gasteiger partial charge >= 0.3 is 0 Å². The molecule has 1 aliphatic carbocycles. The minimum absolute atomic E-state index is 0.778. The smallest absolute Gasteiger partial charge is 0.00994 e. The van der Waals surface area contributed by atoms with E-state index in [4.69, 9.17) is 0 Å². The van der Waals surface area contributed by atoms with Gasteiger partial charge in [-0.1, -0.05) is 29.8 Å². The zero-order chi connectivity index (χ0) is 9.26. The van der Waals surface area contributed by atoms with Crippen molar-refractivity contribution in [2.75, 3.05) is 7.05 Å². The van der Waals surface area contributed by atoms with Gasteiger partial charge in [-0.05, 0) is 38.3 Å². The molecular formula is C12H17N. The van der Waals surface area contributed by atoms with E-state index < -0.39 is 0 Å². The molecule has 0 spiro atoms. The van der Waals surface area contributed by atoms with Crippen LogP contribution in [0, 0.1) is 12.8 Å². The predicted octanol–water partition coefficient (Wildman–Crippen LogP) is 2.15. The van der Waals surface area contributed by atoms with Crippen LogP contribution < -0.4 is 5.32 Å². The third-order valence-electron chi connectivity index (χ3n) is 2.87. The lowest BCUT2D eigenvalue weighted by Gasteiger charge is -2.01. The fourth-order valence-corrected chi connectivity index (χ4v) is 1.97. The first kappa shape index (κ1) is 8.76. The van der Waals surface area contributed by atoms with Crippen LogP contribution >= 0.6 is 0 Å². The topological polar surface area (TPSA) is 12.0 Å². The van der Waals surface area contributed by atoms with Crippen LogP contribution in [0.25, 0.3) is 0 Å². The van der Waals surface area contributed by atoms with Crippen LogP contribution in [0.2, 0.25) is 0 Å². The van der Waals surface area contributed by atoms with Crippen LogP contribution in [-0.2, 0) is 6.42 Å². The second-order valence-electron chi connectivity index (χ2n) is 4.08. The van der Waals surface area contributed by atoms with E-state index in [0.717, 1.165) is 12.0 Å². The Hall–Kier alpha value is -0.820. The summed E-state index contributed by atoms with van der Waals surface area (Å²) in [4.78, 5) is 0. The highest BCUT2D eigenvalue weighted by Crippen LogP contribution is 2.33. The number of hydrogen-bond donors (Lipinski definition) is 1. The van der Waals surface area contributed by atoms with Crippen molar-refractivity contribution in [3.63, 3.8) is 0 Å². The van der Waals surface area contributed by atoms with Crippen LogP contribution in [0.15, 0.2) is 24.3 Å². The summed E-state index contributed by atoms with van der Waals surface area (Å²) < 4.78 is 0. The Labute approximate surface area is 80.2 Å². The molecule has 0 radical (unpaired) electrons. The van der Waals surface area contributed by atoms with Crippen molar-refractivity contribution in [1.82, 2.24) is 5.32 Å². The molecule has 0 aromatic heterocycles. The lowest BCUT2D eigenvalue weighted by molar-refractivity contribution is 0.702. The van der Waals surface area contributed by atoms with Gasteiger partial charge in [-0.3, -0.25) is 0 Å². The highest BCUT2D eigenvalue weighted by Gasteiger charge is 2.35. The normalized spacial score (nSPS) is 26.0. The number of aryl methyl sites for hydroxylation is 1. The highest BCUT2D eigenvalue weighted by molar-refractivity contribution is 5.23. The van der Waals surface area contributed by atoms with E-state index in [9.17, 15) is 0 Å². The zero-order valence-corrected chi connectivity index (χ0v) is 8.38. The van der Waals surface area contributed by atoms with Gasteiger partial charge in [-0.25, -0.2) is 0 Å². The SMILES string of the molecule is CNC1CC1Cc1cccc(C)c1. The van der Waals surface area contributed by atoms with Crippen LogP contribution in [-0.4, -0.2) is 13.1 Å². The van der Waals surface area contributed by atoms with E-state index in [-0.39, 0.29) is 0 Å². The fourth-order valence-electron chi connectivity index (χ4n) is 1.97. The molecule has 0 aliphatic heterocycles. The van der Waals surface area contributed by atoms with E-state index in [0.29, 0.717) is 0 Å². The summed E-state index contributed by atoms with van der Waals surface area (Å²) in [5, 5.41) is 3.32. The first-order valence-corrected chi connectivity index (χ1v) is 5.02. The molecule has 2 atom stereocenters. The first-order chi connectivity index (χ1) is 6.29. The highest BCUT2D eigenvalue weighted by atomic mass is 14.9. The Kier molecular flexibility index (Phi) is 2.36. The summed E-state index contributed by atoms with van der Waals surface area (Å²) in [5.74, 6) is 0.881. The maximum Gasteiger partial charge on any atom is 0.00994 e. The molecule has 1 N–H and O–H groups in total. The molecular weight excluding hydrogens is 158 g/mol. The Balaban J connectivity index is 1.95. The molecule has 1 aromatic rings. The van der Waals surface area contributed by atoms with E-state index in [1.165, 1.54) is 24.0 Å². The van der Waals surface area contributed by atoms with Crippen molar-refractivity contribution in [2.45, 2.75) is 25.8 Å². The van der Waals surface area contributed by atoms with Crippen molar-refractivity contribution in [1.29, 1.82) is 0 Å². The van der Waals surface area contributed by atoms with Crippen molar-refractivity contribution in [2.24, 2.45) is 5.92 Å². The predicted molar refractivity (Wildman–Crippen MR) is 55.8 cm³/mol. The molecule has 70 valence electrons. The Bertz CT molecular complexity index is 293. The van der Waals surface area contributed by atoms with Crippen molar-refractivity contribution < 1.29 is 0 Å². The molecule has 2 unspecified atom stereocenters. The molecule has 1 nitrogen and oxygen atoms in total. The summed E-state index contributed by atoms with van der Waals surface area (Å²) >= 11 is 0. The number of benzene rings is 1. The van der Waals surface area contributed by atoms with Crippen LogP contribution in [0.5, 0.6) is 0 Å². The van der Waals surface area contributed by atoms with Gasteiger partial charge in [0.25, 0.3) is 0 Å². The molecule has 2 rings (SSSR count). The fraction of sp³-hybridized carbons (Fsp3) is 0.500. The van der Waals surface area contributed by atoms with Crippen LogP contribution in [0.3, 0.4) is 0 Å². The Morgan fingerprint density at radius 2 is 2.31 bits per heavy atom. The number of nitrogens with one attached hydrogen (secondary N) is 1. The van der Waals surface area contributed by atoms with Gasteiger partial charge in [-0.2, -0.15) is 0 Å². The lowest BCUT2D eigenvalue weighted by Crippen LogP contribution is -2.11. The van der Waals surface area contributed by atoms with Crippen molar-refractivity contribution in [3.05, 3.63) is 35.4 Å². The van der Waals surface area contributed by atoms with Gasteiger partial charge in [-0.15, -0.1) is 0 Å². The standard InChI is InChI=1S/C12H17N/c1-9-4-3-5-10(6-9)7-11-8-12(11)13-2/h3-6,11-13H,7-8H2,1-2H3. The van der Waals surface area contributed by atoms with Crippen LogP contribution in [0.1, 0.15) is 17.5 Å². The minimum atomic E-state index is 0.778. The number of rotatable bonds is 3. The van der Waals surface area contributed by atoms with Gasteiger partial charge in [0.2, 0.25) is 0 Å². The largest absolute Gasteiger partial charge is 0.317 e. The average molecular weight is 175 g/mol. The van der Waals surface area contributed by atoms with Gasteiger partial charge < -0.3 is 5.32 Å². The van der Waals surface area contributed by atoms with Crippen LogP contribution in [0.4, 0.5) is 0 Å². The molecule has 1 heteroatoms. The van der Waals surface area contributed by atoms with E-state index in [1.54, 1.807) is 0 Å². The Morgan fingerprint density at radius 3 is 2.92 bits per heavy atom. The second-order valence-corrected chi connectivity index (χ2v) is 4.08. The summed E-state index contributed by atoms with van der Waals surface area (Å²) in [5.41, 5.74) is 2.86. The zero-order valence-electron chi connectivity index (χ0n) is 8.38. The van der Waals surface area contributed by atoms with Gasteiger partial charge in [0.15, 0.2) is 0 Å². The summed E-state index contributed by atoms with van der Waals surface area (Å²) in [7, 11) is 2.06. The van der Waals surface area contributed by atoms with E-state index >= 15 is 0 Å². The molecule has 0 bridgehead atoms. The summed E-state index contributed by atoms with van der Waals surface area (Å²) in [6.07, 6.45) is 2.59. The quantitative estimate of drug-likeness (QED) is 0.742. The lowest BCUT2D eigenvalue weighted by atomic mass is 10.1. The molecule has 1 saturated carbocycles. The van der Waals surface area contributed by atoms with Gasteiger partial charge in [0.1, 0.15) is 0 Å². The molecule has 0 heterocycles. The molecule has 0 saturated heterocycles. The molecule has 13 heavy (non-hydrogen) atoms. The molecule has 1 aliphatic rings. The number of hydrogen-bond acceptors (Lipinski definition) is 1. The van der Waals surface area contributed by atoms with E-state index in [1.807, 2.05) is 0 Å². The average Bonchev–Trinajstić information content (AvgIpc) is 2.83.